The lowest BCUT2D eigenvalue weighted by Gasteiger charge is -2.40. The Balaban J connectivity index is 1.55. The highest BCUT2D eigenvalue weighted by Gasteiger charge is 2.28. The summed E-state index contributed by atoms with van der Waals surface area (Å²) in [7, 11) is 2.15. The van der Waals surface area contributed by atoms with E-state index in [1.54, 1.807) is 0 Å². The number of likely N-dealkylation sites (N-methyl/N-ethyl adjacent to an activating group) is 1. The Morgan fingerprint density at radius 3 is 2.21 bits per heavy atom. The summed E-state index contributed by atoms with van der Waals surface area (Å²) in [6.45, 7) is 12.8. The van der Waals surface area contributed by atoms with Gasteiger partial charge in [-0.2, -0.15) is 0 Å². The minimum Gasteiger partial charge on any atom is -0.375 e. The predicted octanol–water partition coefficient (Wildman–Crippen LogP) is 1.60. The van der Waals surface area contributed by atoms with Gasteiger partial charge in [-0.05, 0) is 40.7 Å². The number of rotatable bonds is 5. The summed E-state index contributed by atoms with van der Waals surface area (Å²) < 4.78 is 11.9. The van der Waals surface area contributed by atoms with E-state index in [-0.39, 0.29) is 5.60 Å². The molecule has 2 fully saturated rings. The Labute approximate surface area is 118 Å². The normalized spacial score (nSPS) is 24.6. The Kier molecular flexibility index (Phi) is 5.23. The van der Waals surface area contributed by atoms with Gasteiger partial charge in [0.15, 0.2) is 0 Å². The molecule has 4 heteroatoms. The first kappa shape index (κ1) is 15.2. The number of likely N-dealkylation sites (tertiary alicyclic amines) is 2. The minimum atomic E-state index is -0.0162. The van der Waals surface area contributed by atoms with E-state index in [0.717, 1.165) is 39.3 Å². The molecule has 0 spiro atoms. The third kappa shape index (κ3) is 5.38. The molecule has 0 atom stereocenters. The summed E-state index contributed by atoms with van der Waals surface area (Å²) >= 11 is 0. The van der Waals surface area contributed by atoms with Crippen LogP contribution in [-0.2, 0) is 9.47 Å². The average Bonchev–Trinajstić information content (AvgIpc) is 2.28. The molecule has 0 radical (unpaired) electrons. The van der Waals surface area contributed by atoms with Gasteiger partial charge in [-0.15, -0.1) is 0 Å². The molecule has 0 amide bonds. The molecule has 4 nitrogen and oxygen atoms in total. The van der Waals surface area contributed by atoms with Crippen LogP contribution in [0.1, 0.15) is 33.6 Å². The molecule has 2 heterocycles. The largest absolute Gasteiger partial charge is 0.375 e. The van der Waals surface area contributed by atoms with Crippen molar-refractivity contribution in [3.05, 3.63) is 0 Å². The van der Waals surface area contributed by atoms with E-state index in [4.69, 9.17) is 9.47 Å². The molecule has 0 unspecified atom stereocenters. The van der Waals surface area contributed by atoms with E-state index < -0.39 is 0 Å². The maximum atomic E-state index is 6.11. The van der Waals surface area contributed by atoms with E-state index in [0.29, 0.717) is 12.2 Å². The van der Waals surface area contributed by atoms with Crippen LogP contribution in [0.5, 0.6) is 0 Å². The molecule has 112 valence electrons. The highest BCUT2D eigenvalue weighted by molar-refractivity contribution is 4.81. The van der Waals surface area contributed by atoms with Gasteiger partial charge >= 0.3 is 0 Å². The van der Waals surface area contributed by atoms with Gasteiger partial charge in [0, 0.05) is 32.7 Å². The van der Waals surface area contributed by atoms with Gasteiger partial charge in [0.25, 0.3) is 0 Å². The number of piperidine rings is 1. The number of hydrogen-bond acceptors (Lipinski definition) is 4. The SMILES string of the molecule is CN1CC(OC2CCN(CCOC(C)(C)C)CC2)C1. The van der Waals surface area contributed by atoms with Crippen LogP contribution in [0.25, 0.3) is 0 Å². The van der Waals surface area contributed by atoms with E-state index in [1.807, 2.05) is 0 Å². The van der Waals surface area contributed by atoms with Crippen molar-refractivity contribution in [1.29, 1.82) is 0 Å². The van der Waals surface area contributed by atoms with Crippen molar-refractivity contribution in [2.24, 2.45) is 0 Å². The van der Waals surface area contributed by atoms with Crippen LogP contribution in [-0.4, -0.2) is 74.0 Å². The maximum Gasteiger partial charge on any atom is 0.0832 e. The molecule has 0 saturated carbocycles. The summed E-state index contributed by atoms with van der Waals surface area (Å²) in [4.78, 5) is 4.81. The first-order valence-electron chi connectivity index (χ1n) is 7.63. The van der Waals surface area contributed by atoms with Gasteiger partial charge in [-0.1, -0.05) is 0 Å². The molecular weight excluding hydrogens is 240 g/mol. The highest BCUT2D eigenvalue weighted by Crippen LogP contribution is 2.19. The Morgan fingerprint density at radius 1 is 1.05 bits per heavy atom. The van der Waals surface area contributed by atoms with Crippen molar-refractivity contribution in [3.8, 4) is 0 Å². The van der Waals surface area contributed by atoms with Gasteiger partial charge in [-0.25, -0.2) is 0 Å². The zero-order valence-electron chi connectivity index (χ0n) is 13.0. The molecule has 0 N–H and O–H groups in total. The van der Waals surface area contributed by atoms with Crippen LogP contribution in [0, 0.1) is 0 Å². The number of nitrogens with zero attached hydrogens (tertiary/aromatic N) is 2. The lowest BCUT2D eigenvalue weighted by molar-refractivity contribution is -0.102. The summed E-state index contributed by atoms with van der Waals surface area (Å²) in [6.07, 6.45) is 3.33. The molecule has 2 aliphatic heterocycles. The van der Waals surface area contributed by atoms with Gasteiger partial charge in [-0.3, -0.25) is 0 Å². The second kappa shape index (κ2) is 6.53. The molecule has 0 bridgehead atoms. The Hall–Kier alpha value is -0.160. The highest BCUT2D eigenvalue weighted by atomic mass is 16.5. The van der Waals surface area contributed by atoms with E-state index in [1.165, 1.54) is 12.8 Å². The summed E-state index contributed by atoms with van der Waals surface area (Å²) in [5.74, 6) is 0. The quantitative estimate of drug-likeness (QED) is 0.757. The fourth-order valence-electron chi connectivity index (χ4n) is 2.75. The molecule has 0 aromatic heterocycles. The fraction of sp³-hybridized carbons (Fsp3) is 1.00. The van der Waals surface area contributed by atoms with Crippen molar-refractivity contribution in [2.45, 2.75) is 51.4 Å². The molecule has 0 aliphatic carbocycles. The van der Waals surface area contributed by atoms with Gasteiger partial charge < -0.3 is 19.3 Å². The first-order chi connectivity index (χ1) is 8.92. The average molecular weight is 270 g/mol. The summed E-state index contributed by atoms with van der Waals surface area (Å²) in [5.41, 5.74) is -0.0162. The third-order valence-electron chi connectivity index (χ3n) is 3.89. The van der Waals surface area contributed by atoms with Crippen molar-refractivity contribution in [1.82, 2.24) is 9.80 Å². The third-order valence-corrected chi connectivity index (χ3v) is 3.89. The topological polar surface area (TPSA) is 24.9 Å². The number of hydrogen-bond donors (Lipinski definition) is 0. The molecular formula is C15H30N2O2. The van der Waals surface area contributed by atoms with Crippen LogP contribution >= 0.6 is 0 Å². The zero-order chi connectivity index (χ0) is 13.9. The van der Waals surface area contributed by atoms with Crippen LogP contribution in [0.15, 0.2) is 0 Å². The molecule has 0 aromatic carbocycles. The summed E-state index contributed by atoms with van der Waals surface area (Å²) in [5, 5.41) is 0. The van der Waals surface area contributed by atoms with Crippen LogP contribution in [0.2, 0.25) is 0 Å². The molecule has 2 aliphatic rings. The van der Waals surface area contributed by atoms with Crippen molar-refractivity contribution >= 4 is 0 Å². The molecule has 2 saturated heterocycles. The standard InChI is InChI=1S/C15H30N2O2/c1-15(2,3)18-10-9-17-7-5-13(6-8-17)19-14-11-16(4)12-14/h13-14H,5-12H2,1-4H3. The minimum absolute atomic E-state index is 0.0162. The molecule has 19 heavy (non-hydrogen) atoms. The number of ether oxygens (including phenoxy) is 2. The van der Waals surface area contributed by atoms with Gasteiger partial charge in [0.05, 0.1) is 24.4 Å². The second-order valence-corrected chi connectivity index (χ2v) is 6.98. The Morgan fingerprint density at radius 2 is 1.68 bits per heavy atom. The van der Waals surface area contributed by atoms with Gasteiger partial charge in [0.1, 0.15) is 0 Å². The van der Waals surface area contributed by atoms with Gasteiger partial charge in [0.2, 0.25) is 0 Å². The van der Waals surface area contributed by atoms with Crippen molar-refractivity contribution in [2.75, 3.05) is 46.4 Å². The van der Waals surface area contributed by atoms with E-state index >= 15 is 0 Å². The van der Waals surface area contributed by atoms with Crippen LogP contribution in [0.4, 0.5) is 0 Å². The lowest BCUT2D eigenvalue weighted by Crippen LogP contribution is -2.52. The first-order valence-corrected chi connectivity index (χ1v) is 7.63. The Bertz CT molecular complexity index is 264. The predicted molar refractivity (Wildman–Crippen MR) is 77.5 cm³/mol. The van der Waals surface area contributed by atoms with E-state index in [2.05, 4.69) is 37.6 Å². The van der Waals surface area contributed by atoms with Crippen LogP contribution in [0.3, 0.4) is 0 Å². The maximum absolute atomic E-state index is 6.11. The molecule has 2 rings (SSSR count). The van der Waals surface area contributed by atoms with E-state index in [9.17, 15) is 0 Å². The van der Waals surface area contributed by atoms with Crippen molar-refractivity contribution < 1.29 is 9.47 Å². The molecule has 0 aromatic rings. The monoisotopic (exact) mass is 270 g/mol. The van der Waals surface area contributed by atoms with Crippen molar-refractivity contribution in [3.63, 3.8) is 0 Å². The zero-order valence-corrected chi connectivity index (χ0v) is 13.0. The summed E-state index contributed by atoms with van der Waals surface area (Å²) in [6, 6.07) is 0. The smallest absolute Gasteiger partial charge is 0.0832 e. The lowest BCUT2D eigenvalue weighted by atomic mass is 10.1. The fourth-order valence-corrected chi connectivity index (χ4v) is 2.75. The second-order valence-electron chi connectivity index (χ2n) is 6.98. The van der Waals surface area contributed by atoms with Crippen LogP contribution < -0.4 is 0 Å².